The molecular formula is C20H18ClNO3S2. The largest absolute Gasteiger partial charge is 0.493 e. The van der Waals surface area contributed by atoms with E-state index in [4.69, 9.17) is 33.3 Å². The number of carbonyl (C=O) groups excluding carboxylic acids is 1. The number of thioether (sulfide) groups is 1. The molecule has 0 aliphatic carbocycles. The highest BCUT2D eigenvalue weighted by molar-refractivity contribution is 8.27. The van der Waals surface area contributed by atoms with Gasteiger partial charge in [0, 0.05) is 0 Å². The Morgan fingerprint density at radius 1 is 1.15 bits per heavy atom. The van der Waals surface area contributed by atoms with E-state index in [0.717, 1.165) is 22.4 Å². The van der Waals surface area contributed by atoms with Gasteiger partial charge in [0.2, 0.25) is 0 Å². The summed E-state index contributed by atoms with van der Waals surface area (Å²) < 4.78 is 11.1. The predicted octanol–water partition coefficient (Wildman–Crippen LogP) is 5.38. The quantitative estimate of drug-likeness (QED) is 0.491. The number of methoxy groups -OCH3 is 2. The second kappa shape index (κ2) is 7.92. The van der Waals surface area contributed by atoms with Gasteiger partial charge in [-0.2, -0.15) is 0 Å². The molecule has 0 bridgehead atoms. The third-order valence-corrected chi connectivity index (χ3v) is 5.72. The lowest BCUT2D eigenvalue weighted by molar-refractivity contribution is -0.113. The summed E-state index contributed by atoms with van der Waals surface area (Å²) in [5.74, 6) is 0.808. The third kappa shape index (κ3) is 3.83. The topological polar surface area (TPSA) is 38.8 Å². The van der Waals surface area contributed by atoms with Crippen LogP contribution in [0.2, 0.25) is 5.02 Å². The molecule has 140 valence electrons. The average molecular weight is 420 g/mol. The van der Waals surface area contributed by atoms with Crippen molar-refractivity contribution >= 4 is 57.6 Å². The van der Waals surface area contributed by atoms with E-state index in [0.29, 0.717) is 25.7 Å². The number of benzene rings is 2. The Labute approximate surface area is 173 Å². The molecule has 1 heterocycles. The number of nitrogens with zero attached hydrogens (tertiary/aromatic N) is 1. The van der Waals surface area contributed by atoms with Crippen molar-refractivity contribution in [3.8, 4) is 11.5 Å². The number of halogens is 1. The van der Waals surface area contributed by atoms with Gasteiger partial charge in [-0.3, -0.25) is 9.69 Å². The van der Waals surface area contributed by atoms with Gasteiger partial charge < -0.3 is 9.47 Å². The highest BCUT2D eigenvalue weighted by atomic mass is 35.5. The molecule has 3 rings (SSSR count). The minimum Gasteiger partial charge on any atom is -0.493 e. The Bertz CT molecular complexity index is 972. The van der Waals surface area contributed by atoms with Crippen LogP contribution in [0.25, 0.3) is 6.08 Å². The summed E-state index contributed by atoms with van der Waals surface area (Å²) in [5, 5.41) is 0.410. The fraction of sp³-hybridized carbons (Fsp3) is 0.200. The van der Waals surface area contributed by atoms with E-state index in [9.17, 15) is 4.79 Å². The summed E-state index contributed by atoms with van der Waals surface area (Å²) in [6.45, 7) is 3.99. The van der Waals surface area contributed by atoms with Gasteiger partial charge in [0.1, 0.15) is 0 Å². The number of aryl methyl sites for hydroxylation is 2. The van der Waals surface area contributed by atoms with Gasteiger partial charge in [-0.05, 0) is 49.2 Å². The molecule has 0 radical (unpaired) electrons. The van der Waals surface area contributed by atoms with Crippen LogP contribution in [0.5, 0.6) is 11.5 Å². The van der Waals surface area contributed by atoms with Gasteiger partial charge in [-0.15, -0.1) is 0 Å². The summed E-state index contributed by atoms with van der Waals surface area (Å²) >= 11 is 13.0. The number of thiocarbonyl (C=S) groups is 1. The van der Waals surface area contributed by atoms with Crippen LogP contribution in [0.3, 0.4) is 0 Å². The Balaban J connectivity index is 1.98. The molecule has 4 nitrogen and oxygen atoms in total. The van der Waals surface area contributed by atoms with E-state index in [-0.39, 0.29) is 5.91 Å². The monoisotopic (exact) mass is 419 g/mol. The number of hydrogen-bond donors (Lipinski definition) is 0. The van der Waals surface area contributed by atoms with Crippen molar-refractivity contribution in [3.63, 3.8) is 0 Å². The predicted molar refractivity (Wildman–Crippen MR) is 116 cm³/mol. The van der Waals surface area contributed by atoms with Crippen LogP contribution < -0.4 is 14.4 Å². The van der Waals surface area contributed by atoms with E-state index < -0.39 is 0 Å². The van der Waals surface area contributed by atoms with E-state index >= 15 is 0 Å². The molecule has 27 heavy (non-hydrogen) atoms. The number of anilines is 1. The first-order valence-electron chi connectivity index (χ1n) is 8.12. The minimum absolute atomic E-state index is 0.150. The van der Waals surface area contributed by atoms with Crippen molar-refractivity contribution in [3.05, 3.63) is 56.9 Å². The van der Waals surface area contributed by atoms with Crippen LogP contribution in [0.15, 0.2) is 35.2 Å². The zero-order valence-corrected chi connectivity index (χ0v) is 17.7. The van der Waals surface area contributed by atoms with Crippen LogP contribution >= 0.6 is 35.6 Å². The highest BCUT2D eigenvalue weighted by Gasteiger charge is 2.34. The molecule has 1 fully saturated rings. The summed E-state index contributed by atoms with van der Waals surface area (Å²) in [7, 11) is 3.07. The van der Waals surface area contributed by atoms with Crippen molar-refractivity contribution in [2.24, 2.45) is 0 Å². The highest BCUT2D eigenvalue weighted by Crippen LogP contribution is 2.40. The van der Waals surface area contributed by atoms with E-state index in [1.165, 1.54) is 26.0 Å². The molecule has 0 spiro atoms. The van der Waals surface area contributed by atoms with Crippen LogP contribution in [-0.4, -0.2) is 24.4 Å². The van der Waals surface area contributed by atoms with Gasteiger partial charge in [0.15, 0.2) is 15.8 Å². The molecule has 1 amide bonds. The maximum Gasteiger partial charge on any atom is 0.270 e. The van der Waals surface area contributed by atoms with E-state index in [2.05, 4.69) is 0 Å². The van der Waals surface area contributed by atoms with Crippen LogP contribution in [0.4, 0.5) is 5.69 Å². The number of rotatable bonds is 4. The first-order valence-corrected chi connectivity index (χ1v) is 9.72. The molecule has 0 saturated carbocycles. The van der Waals surface area contributed by atoms with Gasteiger partial charge in [-0.25, -0.2) is 0 Å². The maximum absolute atomic E-state index is 13.0. The average Bonchev–Trinajstić information content (AvgIpc) is 2.88. The number of ether oxygens (including phenoxy) is 2. The molecule has 1 aliphatic rings. The SMILES string of the molecule is COc1cc(/C=C2/SC(=S)N(c3ccc(C)cc3C)C2=O)cc(Cl)c1OC. The Morgan fingerprint density at radius 3 is 2.52 bits per heavy atom. The zero-order valence-electron chi connectivity index (χ0n) is 15.3. The van der Waals surface area contributed by atoms with Gasteiger partial charge in [-0.1, -0.05) is 53.3 Å². The zero-order chi connectivity index (χ0) is 19.7. The van der Waals surface area contributed by atoms with Crippen LogP contribution in [0, 0.1) is 13.8 Å². The fourth-order valence-corrected chi connectivity index (χ4v) is 4.49. The van der Waals surface area contributed by atoms with E-state index in [1.807, 2.05) is 32.0 Å². The van der Waals surface area contributed by atoms with Crippen LogP contribution in [-0.2, 0) is 4.79 Å². The standard InChI is InChI=1S/C20H18ClNO3S2/c1-11-5-6-15(12(2)7-11)22-19(23)17(27-20(22)26)10-13-8-14(21)18(25-4)16(9-13)24-3/h5-10H,1-4H3/b17-10+. The van der Waals surface area contributed by atoms with Gasteiger partial charge in [0.05, 0.1) is 29.8 Å². The van der Waals surface area contributed by atoms with Gasteiger partial charge in [0.25, 0.3) is 5.91 Å². The third-order valence-electron chi connectivity index (χ3n) is 4.14. The molecule has 1 saturated heterocycles. The van der Waals surface area contributed by atoms with Crippen molar-refractivity contribution in [2.75, 3.05) is 19.1 Å². The summed E-state index contributed by atoms with van der Waals surface area (Å²) in [6, 6.07) is 9.43. The smallest absolute Gasteiger partial charge is 0.270 e. The maximum atomic E-state index is 13.0. The van der Waals surface area contributed by atoms with Crippen molar-refractivity contribution in [2.45, 2.75) is 13.8 Å². The number of hydrogen-bond acceptors (Lipinski definition) is 5. The first-order chi connectivity index (χ1) is 12.8. The lowest BCUT2D eigenvalue weighted by Crippen LogP contribution is -2.28. The molecule has 0 atom stereocenters. The Kier molecular flexibility index (Phi) is 5.79. The second-order valence-electron chi connectivity index (χ2n) is 6.05. The van der Waals surface area contributed by atoms with Crippen molar-refractivity contribution < 1.29 is 14.3 Å². The molecule has 0 N–H and O–H groups in total. The minimum atomic E-state index is -0.150. The molecule has 0 unspecified atom stereocenters. The molecule has 0 aromatic heterocycles. The summed E-state index contributed by atoms with van der Waals surface area (Å²) in [6.07, 6.45) is 1.76. The lowest BCUT2D eigenvalue weighted by Gasteiger charge is -2.17. The van der Waals surface area contributed by atoms with Crippen molar-refractivity contribution in [1.82, 2.24) is 0 Å². The van der Waals surface area contributed by atoms with Crippen LogP contribution in [0.1, 0.15) is 16.7 Å². The van der Waals surface area contributed by atoms with Gasteiger partial charge >= 0.3 is 0 Å². The molecule has 2 aromatic rings. The Morgan fingerprint density at radius 2 is 1.89 bits per heavy atom. The fourth-order valence-electron chi connectivity index (χ4n) is 2.90. The number of amides is 1. The lowest BCUT2D eigenvalue weighted by atomic mass is 10.1. The summed E-state index contributed by atoms with van der Waals surface area (Å²) in [5.41, 5.74) is 3.68. The summed E-state index contributed by atoms with van der Waals surface area (Å²) in [4.78, 5) is 15.1. The second-order valence-corrected chi connectivity index (χ2v) is 8.13. The van der Waals surface area contributed by atoms with Crippen molar-refractivity contribution in [1.29, 1.82) is 0 Å². The molecular weight excluding hydrogens is 402 g/mol. The first kappa shape index (κ1) is 19.7. The Hall–Kier alpha value is -2.02. The normalized spacial score (nSPS) is 15.6. The molecule has 1 aliphatic heterocycles. The number of carbonyl (C=O) groups is 1. The molecule has 2 aromatic carbocycles. The molecule has 7 heteroatoms. The van der Waals surface area contributed by atoms with E-state index in [1.54, 1.807) is 23.1 Å².